The van der Waals surface area contributed by atoms with Crippen molar-refractivity contribution in [3.63, 3.8) is 0 Å². The number of carbonyl (C=O) groups excluding carboxylic acids is 2. The fourth-order valence-electron chi connectivity index (χ4n) is 1.67. The van der Waals surface area contributed by atoms with Crippen molar-refractivity contribution in [3.8, 4) is 0 Å². The van der Waals surface area contributed by atoms with E-state index in [9.17, 15) is 9.59 Å². The summed E-state index contributed by atoms with van der Waals surface area (Å²) in [7, 11) is 0. The van der Waals surface area contributed by atoms with Gasteiger partial charge in [-0.25, -0.2) is 4.79 Å². The lowest BCUT2D eigenvalue weighted by Crippen LogP contribution is -2.50. The Bertz CT molecular complexity index is 244. The maximum atomic E-state index is 11.6. The minimum atomic E-state index is -0.779. The Hall–Kier alpha value is -1.10. The third-order valence-corrected chi connectivity index (χ3v) is 2.16. The molecule has 1 aliphatic heterocycles. The van der Waals surface area contributed by atoms with Crippen molar-refractivity contribution in [2.24, 2.45) is 0 Å². The Morgan fingerprint density at radius 2 is 1.87 bits per heavy atom. The summed E-state index contributed by atoms with van der Waals surface area (Å²) in [6.45, 7) is 6.54. The molecular formula is C10H17NO4. The van der Waals surface area contributed by atoms with Gasteiger partial charge in [0.1, 0.15) is 0 Å². The van der Waals surface area contributed by atoms with Crippen molar-refractivity contribution in [2.45, 2.75) is 33.0 Å². The third kappa shape index (κ3) is 3.20. The average Bonchev–Trinajstić information content (AvgIpc) is 2.15. The number of rotatable bonds is 1. The van der Waals surface area contributed by atoms with Crippen molar-refractivity contribution in [3.05, 3.63) is 0 Å². The van der Waals surface area contributed by atoms with Crippen LogP contribution >= 0.6 is 0 Å². The molecule has 0 aromatic rings. The molecular weight excluding hydrogens is 198 g/mol. The predicted molar refractivity (Wildman–Crippen MR) is 53.2 cm³/mol. The standard InChI is InChI=1S/C10H17NO4/c1-4-14-10(13)9(12)11-5-7(2)15-8(3)6-11/h7-8H,4-6H2,1-3H3/t7-,8+. The summed E-state index contributed by atoms with van der Waals surface area (Å²) in [6, 6.07) is 0. The molecule has 86 valence electrons. The van der Waals surface area contributed by atoms with Gasteiger partial charge in [-0.2, -0.15) is 0 Å². The highest BCUT2D eigenvalue weighted by molar-refractivity contribution is 6.32. The Morgan fingerprint density at radius 3 is 2.33 bits per heavy atom. The van der Waals surface area contributed by atoms with Crippen LogP contribution in [0.25, 0.3) is 0 Å². The molecule has 5 nitrogen and oxygen atoms in total. The van der Waals surface area contributed by atoms with Crippen LogP contribution in [0.2, 0.25) is 0 Å². The smallest absolute Gasteiger partial charge is 0.397 e. The van der Waals surface area contributed by atoms with Gasteiger partial charge in [0, 0.05) is 13.1 Å². The van der Waals surface area contributed by atoms with Gasteiger partial charge in [0.05, 0.1) is 18.8 Å². The van der Waals surface area contributed by atoms with Crippen molar-refractivity contribution in [2.75, 3.05) is 19.7 Å². The van der Waals surface area contributed by atoms with Crippen molar-refractivity contribution < 1.29 is 19.1 Å². The molecule has 0 bridgehead atoms. The first-order chi connectivity index (χ1) is 7.04. The molecule has 0 aromatic heterocycles. The summed E-state index contributed by atoms with van der Waals surface area (Å²) >= 11 is 0. The number of hydrogen-bond acceptors (Lipinski definition) is 4. The summed E-state index contributed by atoms with van der Waals surface area (Å²) in [5, 5.41) is 0. The van der Waals surface area contributed by atoms with Crippen LogP contribution in [0.15, 0.2) is 0 Å². The zero-order chi connectivity index (χ0) is 11.4. The van der Waals surface area contributed by atoms with Gasteiger partial charge in [0.15, 0.2) is 0 Å². The van der Waals surface area contributed by atoms with E-state index in [0.717, 1.165) is 0 Å². The highest BCUT2D eigenvalue weighted by Gasteiger charge is 2.30. The van der Waals surface area contributed by atoms with E-state index in [0.29, 0.717) is 13.1 Å². The first kappa shape index (κ1) is 12.0. The second-order valence-electron chi connectivity index (χ2n) is 3.69. The molecule has 1 rings (SSSR count). The fourth-order valence-corrected chi connectivity index (χ4v) is 1.67. The number of ether oxygens (including phenoxy) is 2. The maximum absolute atomic E-state index is 11.6. The van der Waals surface area contributed by atoms with Gasteiger partial charge < -0.3 is 14.4 Å². The minimum absolute atomic E-state index is 0.0351. The lowest BCUT2D eigenvalue weighted by molar-refractivity contribution is -0.165. The summed E-state index contributed by atoms with van der Waals surface area (Å²) in [5.41, 5.74) is 0. The SMILES string of the molecule is CCOC(=O)C(=O)N1C[C@@H](C)O[C@@H](C)C1. The van der Waals surface area contributed by atoms with Crippen molar-refractivity contribution in [1.29, 1.82) is 0 Å². The normalized spacial score (nSPS) is 26.2. The lowest BCUT2D eigenvalue weighted by atomic mass is 10.2. The molecule has 1 heterocycles. The molecule has 0 spiro atoms. The number of morpholine rings is 1. The molecule has 2 atom stereocenters. The number of hydrogen-bond donors (Lipinski definition) is 0. The van der Waals surface area contributed by atoms with Crippen LogP contribution in [0.3, 0.4) is 0 Å². The van der Waals surface area contributed by atoms with E-state index < -0.39 is 11.9 Å². The van der Waals surface area contributed by atoms with Crippen LogP contribution in [-0.2, 0) is 19.1 Å². The topological polar surface area (TPSA) is 55.8 Å². The van der Waals surface area contributed by atoms with E-state index in [1.807, 2.05) is 13.8 Å². The molecule has 0 aromatic carbocycles. The Kier molecular flexibility index (Phi) is 4.08. The van der Waals surface area contributed by atoms with E-state index in [-0.39, 0.29) is 18.8 Å². The van der Waals surface area contributed by atoms with E-state index in [4.69, 9.17) is 4.74 Å². The fraction of sp³-hybridized carbons (Fsp3) is 0.800. The number of amides is 1. The summed E-state index contributed by atoms with van der Waals surface area (Å²) in [6.07, 6.45) is -0.0701. The van der Waals surface area contributed by atoms with Gasteiger partial charge in [0.25, 0.3) is 0 Å². The molecule has 0 radical (unpaired) electrons. The summed E-state index contributed by atoms with van der Waals surface area (Å²) < 4.78 is 10.1. The molecule has 0 aliphatic carbocycles. The molecule has 0 unspecified atom stereocenters. The quantitative estimate of drug-likeness (QED) is 0.462. The van der Waals surface area contributed by atoms with Crippen LogP contribution in [0, 0.1) is 0 Å². The number of carbonyl (C=O) groups is 2. The summed E-state index contributed by atoms with van der Waals surface area (Å²) in [4.78, 5) is 24.3. The molecule has 1 saturated heterocycles. The van der Waals surface area contributed by atoms with Crippen LogP contribution in [-0.4, -0.2) is 48.7 Å². The van der Waals surface area contributed by atoms with Crippen molar-refractivity contribution >= 4 is 11.9 Å². The Morgan fingerprint density at radius 1 is 1.33 bits per heavy atom. The largest absolute Gasteiger partial charge is 0.459 e. The first-order valence-electron chi connectivity index (χ1n) is 5.16. The maximum Gasteiger partial charge on any atom is 0.397 e. The minimum Gasteiger partial charge on any atom is -0.459 e. The average molecular weight is 215 g/mol. The van der Waals surface area contributed by atoms with Gasteiger partial charge >= 0.3 is 11.9 Å². The second-order valence-corrected chi connectivity index (χ2v) is 3.69. The number of nitrogens with zero attached hydrogens (tertiary/aromatic N) is 1. The zero-order valence-corrected chi connectivity index (χ0v) is 9.36. The van der Waals surface area contributed by atoms with Crippen LogP contribution in [0.4, 0.5) is 0 Å². The monoisotopic (exact) mass is 215 g/mol. The van der Waals surface area contributed by atoms with E-state index >= 15 is 0 Å². The van der Waals surface area contributed by atoms with Crippen molar-refractivity contribution in [1.82, 2.24) is 4.90 Å². The van der Waals surface area contributed by atoms with E-state index in [1.54, 1.807) is 6.92 Å². The van der Waals surface area contributed by atoms with Gasteiger partial charge in [-0.15, -0.1) is 0 Å². The molecule has 0 saturated carbocycles. The molecule has 0 N–H and O–H groups in total. The second kappa shape index (κ2) is 5.11. The van der Waals surface area contributed by atoms with Crippen LogP contribution in [0.1, 0.15) is 20.8 Å². The molecule has 1 amide bonds. The van der Waals surface area contributed by atoms with Gasteiger partial charge in [-0.1, -0.05) is 0 Å². The van der Waals surface area contributed by atoms with Crippen LogP contribution in [0.5, 0.6) is 0 Å². The predicted octanol–water partition coefficient (Wildman–Crippen LogP) is 0.185. The third-order valence-electron chi connectivity index (χ3n) is 2.16. The zero-order valence-electron chi connectivity index (χ0n) is 9.36. The first-order valence-corrected chi connectivity index (χ1v) is 5.16. The Labute approximate surface area is 89.3 Å². The Balaban J connectivity index is 2.55. The highest BCUT2D eigenvalue weighted by Crippen LogP contribution is 2.10. The molecule has 1 aliphatic rings. The summed E-state index contributed by atoms with van der Waals surface area (Å²) in [5.74, 6) is -1.35. The van der Waals surface area contributed by atoms with Gasteiger partial charge in [0.2, 0.25) is 0 Å². The van der Waals surface area contributed by atoms with E-state index in [2.05, 4.69) is 4.74 Å². The molecule has 15 heavy (non-hydrogen) atoms. The lowest BCUT2D eigenvalue weighted by Gasteiger charge is -2.34. The molecule has 5 heteroatoms. The van der Waals surface area contributed by atoms with Gasteiger partial charge in [-0.05, 0) is 20.8 Å². The van der Waals surface area contributed by atoms with Gasteiger partial charge in [-0.3, -0.25) is 4.79 Å². The number of esters is 1. The molecule has 1 fully saturated rings. The highest BCUT2D eigenvalue weighted by atomic mass is 16.5. The van der Waals surface area contributed by atoms with Crippen LogP contribution < -0.4 is 0 Å². The van der Waals surface area contributed by atoms with E-state index in [1.165, 1.54) is 4.90 Å².